The predicted molar refractivity (Wildman–Crippen MR) is 88.9 cm³/mol. The fourth-order valence-electron chi connectivity index (χ4n) is 2.64. The van der Waals surface area contributed by atoms with Crippen molar-refractivity contribution in [2.24, 2.45) is 0 Å². The van der Waals surface area contributed by atoms with Crippen LogP contribution in [-0.2, 0) is 0 Å². The van der Waals surface area contributed by atoms with E-state index >= 15 is 0 Å². The Balaban J connectivity index is 2.16. The van der Waals surface area contributed by atoms with Crippen molar-refractivity contribution in [3.63, 3.8) is 0 Å². The molecule has 0 aliphatic heterocycles. The van der Waals surface area contributed by atoms with E-state index in [0.717, 1.165) is 37.7 Å². The molecule has 0 N–H and O–H groups in total. The highest BCUT2D eigenvalue weighted by molar-refractivity contribution is 7.22. The van der Waals surface area contributed by atoms with Gasteiger partial charge in [-0.15, -0.1) is 11.3 Å². The van der Waals surface area contributed by atoms with Gasteiger partial charge < -0.3 is 9.09 Å². The van der Waals surface area contributed by atoms with Gasteiger partial charge in [0.2, 0.25) is 0 Å². The number of fused-ring (bicyclic) bond motifs is 1. The molecular weight excluding hydrogens is 318 g/mol. The minimum absolute atomic E-state index is 0.713. The van der Waals surface area contributed by atoms with Crippen molar-refractivity contribution in [1.29, 1.82) is 0 Å². The van der Waals surface area contributed by atoms with Crippen LogP contribution < -0.4 is 0 Å². The third kappa shape index (κ3) is 1.90. The van der Waals surface area contributed by atoms with E-state index in [1.54, 1.807) is 17.6 Å². The van der Waals surface area contributed by atoms with Crippen molar-refractivity contribution in [2.75, 3.05) is 0 Å². The van der Waals surface area contributed by atoms with Crippen molar-refractivity contribution < 1.29 is 4.52 Å². The van der Waals surface area contributed by atoms with Crippen molar-refractivity contribution >= 4 is 33.2 Å². The van der Waals surface area contributed by atoms with Gasteiger partial charge in [-0.2, -0.15) is 0 Å². The molecule has 0 atom stereocenters. The summed E-state index contributed by atoms with van der Waals surface area (Å²) in [6, 6.07) is 5.85. The second-order valence-corrected chi connectivity index (χ2v) is 6.45. The quantitative estimate of drug-likeness (QED) is 0.519. The molecule has 0 bridgehead atoms. The standard InChI is InChI=1S/C16H12ClN3OS/c1-9-12-14(20-6-3-4-7-20)15(11-5-8-21-19-11)22-16(12)18-10(2)13(9)17/h3-8H,1-2H3. The van der Waals surface area contributed by atoms with Crippen LogP contribution in [0, 0.1) is 13.8 Å². The summed E-state index contributed by atoms with van der Waals surface area (Å²) in [5.74, 6) is 0. The number of aromatic nitrogens is 3. The molecule has 0 aliphatic carbocycles. The zero-order valence-electron chi connectivity index (χ0n) is 12.0. The van der Waals surface area contributed by atoms with Gasteiger partial charge in [-0.1, -0.05) is 16.8 Å². The topological polar surface area (TPSA) is 43.9 Å². The summed E-state index contributed by atoms with van der Waals surface area (Å²) >= 11 is 8.03. The monoisotopic (exact) mass is 329 g/mol. The lowest BCUT2D eigenvalue weighted by atomic mass is 10.1. The summed E-state index contributed by atoms with van der Waals surface area (Å²) < 4.78 is 7.09. The first kappa shape index (κ1) is 13.5. The summed E-state index contributed by atoms with van der Waals surface area (Å²) in [5, 5.41) is 5.87. The molecule has 0 spiro atoms. The summed E-state index contributed by atoms with van der Waals surface area (Å²) in [7, 11) is 0. The highest BCUT2D eigenvalue weighted by atomic mass is 35.5. The van der Waals surface area contributed by atoms with Crippen LogP contribution in [0.2, 0.25) is 5.02 Å². The molecule has 0 saturated heterocycles. The minimum Gasteiger partial charge on any atom is -0.364 e. The number of hydrogen-bond donors (Lipinski definition) is 0. The van der Waals surface area contributed by atoms with Gasteiger partial charge in [0.15, 0.2) is 0 Å². The Kier molecular flexibility index (Phi) is 3.06. The van der Waals surface area contributed by atoms with Crippen molar-refractivity contribution in [1.82, 2.24) is 14.7 Å². The molecule has 4 aromatic heterocycles. The Morgan fingerprint density at radius 1 is 1.23 bits per heavy atom. The van der Waals surface area contributed by atoms with E-state index in [2.05, 4.69) is 14.7 Å². The largest absolute Gasteiger partial charge is 0.364 e. The maximum atomic E-state index is 6.42. The first-order valence-electron chi connectivity index (χ1n) is 6.80. The van der Waals surface area contributed by atoms with Crippen LogP contribution in [-0.4, -0.2) is 14.7 Å². The van der Waals surface area contributed by atoms with Crippen LogP contribution in [0.3, 0.4) is 0 Å². The zero-order chi connectivity index (χ0) is 15.3. The Morgan fingerprint density at radius 2 is 2.00 bits per heavy atom. The molecule has 4 aromatic rings. The number of halogens is 1. The molecule has 6 heteroatoms. The van der Waals surface area contributed by atoms with E-state index in [-0.39, 0.29) is 0 Å². The van der Waals surface area contributed by atoms with Gasteiger partial charge in [0.05, 0.1) is 21.3 Å². The molecule has 0 fully saturated rings. The van der Waals surface area contributed by atoms with E-state index in [9.17, 15) is 0 Å². The minimum atomic E-state index is 0.713. The maximum absolute atomic E-state index is 6.42. The van der Waals surface area contributed by atoms with E-state index in [1.165, 1.54) is 0 Å². The second-order valence-electron chi connectivity index (χ2n) is 5.07. The molecule has 0 radical (unpaired) electrons. The highest BCUT2D eigenvalue weighted by Gasteiger charge is 2.21. The second kappa shape index (κ2) is 4.97. The summed E-state index contributed by atoms with van der Waals surface area (Å²) in [5.41, 5.74) is 3.74. The lowest BCUT2D eigenvalue weighted by Crippen LogP contribution is -1.94. The number of aryl methyl sites for hydroxylation is 2. The third-order valence-corrected chi connectivity index (χ3v) is 5.34. The van der Waals surface area contributed by atoms with Crippen molar-refractivity contribution in [3.05, 3.63) is 53.1 Å². The summed E-state index contributed by atoms with van der Waals surface area (Å²) in [4.78, 5) is 6.64. The first-order valence-corrected chi connectivity index (χ1v) is 7.99. The van der Waals surface area contributed by atoms with Gasteiger partial charge in [0, 0.05) is 23.8 Å². The number of pyridine rings is 1. The average molecular weight is 330 g/mol. The summed E-state index contributed by atoms with van der Waals surface area (Å²) in [6.45, 7) is 3.96. The fraction of sp³-hybridized carbons (Fsp3) is 0.125. The predicted octanol–water partition coefficient (Wildman–Crippen LogP) is 5.01. The lowest BCUT2D eigenvalue weighted by molar-refractivity contribution is 0.422. The molecule has 0 aromatic carbocycles. The molecule has 0 aliphatic rings. The van der Waals surface area contributed by atoms with Crippen LogP contribution in [0.25, 0.3) is 26.5 Å². The smallest absolute Gasteiger partial charge is 0.126 e. The van der Waals surface area contributed by atoms with Gasteiger partial charge in [-0.25, -0.2) is 4.98 Å². The average Bonchev–Trinajstić information content (AvgIpc) is 3.22. The van der Waals surface area contributed by atoms with Gasteiger partial charge in [0.25, 0.3) is 0 Å². The van der Waals surface area contributed by atoms with E-state index in [1.807, 2.05) is 44.4 Å². The SMILES string of the molecule is Cc1nc2sc(-c3ccon3)c(-n3cccc3)c2c(C)c1Cl. The molecule has 4 nitrogen and oxygen atoms in total. The van der Waals surface area contributed by atoms with Gasteiger partial charge in [0.1, 0.15) is 16.8 Å². The van der Waals surface area contributed by atoms with E-state index in [0.29, 0.717) is 5.02 Å². The molecule has 4 heterocycles. The molecule has 4 rings (SSSR count). The van der Waals surface area contributed by atoms with Gasteiger partial charge in [-0.3, -0.25) is 0 Å². The number of hydrogen-bond acceptors (Lipinski definition) is 4. The zero-order valence-corrected chi connectivity index (χ0v) is 13.6. The molecule has 0 unspecified atom stereocenters. The van der Waals surface area contributed by atoms with Crippen LogP contribution in [0.15, 0.2) is 41.4 Å². The number of thiophene rings is 1. The third-order valence-electron chi connectivity index (χ3n) is 3.69. The Bertz CT molecular complexity index is 956. The normalized spacial score (nSPS) is 11.4. The molecule has 22 heavy (non-hydrogen) atoms. The van der Waals surface area contributed by atoms with Gasteiger partial charge in [-0.05, 0) is 31.5 Å². The number of nitrogens with zero attached hydrogens (tertiary/aromatic N) is 3. The Labute approximate surface area is 136 Å². The molecule has 0 saturated carbocycles. The molecule has 110 valence electrons. The Morgan fingerprint density at radius 3 is 2.68 bits per heavy atom. The van der Waals surface area contributed by atoms with Crippen molar-refractivity contribution in [2.45, 2.75) is 13.8 Å². The maximum Gasteiger partial charge on any atom is 0.126 e. The summed E-state index contributed by atoms with van der Waals surface area (Å²) in [6.07, 6.45) is 5.61. The van der Waals surface area contributed by atoms with Crippen LogP contribution in [0.1, 0.15) is 11.3 Å². The van der Waals surface area contributed by atoms with Crippen LogP contribution in [0.4, 0.5) is 0 Å². The number of rotatable bonds is 2. The fourth-order valence-corrected chi connectivity index (χ4v) is 4.02. The van der Waals surface area contributed by atoms with Crippen LogP contribution >= 0.6 is 22.9 Å². The van der Waals surface area contributed by atoms with Crippen molar-refractivity contribution in [3.8, 4) is 16.3 Å². The lowest BCUT2D eigenvalue weighted by Gasteiger charge is -2.08. The van der Waals surface area contributed by atoms with E-state index in [4.69, 9.17) is 16.1 Å². The highest BCUT2D eigenvalue weighted by Crippen LogP contribution is 2.43. The Hall–Kier alpha value is -2.11. The molecular formula is C16H12ClN3OS. The molecule has 0 amide bonds. The first-order chi connectivity index (χ1) is 10.7. The van der Waals surface area contributed by atoms with Gasteiger partial charge >= 0.3 is 0 Å². The van der Waals surface area contributed by atoms with E-state index < -0.39 is 0 Å². The van der Waals surface area contributed by atoms with Crippen LogP contribution in [0.5, 0.6) is 0 Å².